The Hall–Kier alpha value is -4.02. The number of hydrogen-bond acceptors (Lipinski definition) is 4. The van der Waals surface area contributed by atoms with Crippen molar-refractivity contribution >= 4 is 29.0 Å². The lowest BCUT2D eigenvalue weighted by atomic mass is 10.1. The quantitative estimate of drug-likeness (QED) is 0.452. The zero-order valence-corrected chi connectivity index (χ0v) is 17.0. The van der Waals surface area contributed by atoms with Crippen molar-refractivity contribution in [2.45, 2.75) is 12.1 Å². The van der Waals surface area contributed by atoms with Gasteiger partial charge in [-0.1, -0.05) is 42.5 Å². The van der Waals surface area contributed by atoms with Gasteiger partial charge in [0.05, 0.1) is 22.5 Å². The summed E-state index contributed by atoms with van der Waals surface area (Å²) in [7, 11) is 1.35. The van der Waals surface area contributed by atoms with Crippen molar-refractivity contribution in [1.82, 2.24) is 10.3 Å². The van der Waals surface area contributed by atoms with Crippen LogP contribution in [0.5, 0.6) is 0 Å². The standard InChI is InChI=1S/C22H17F5N4O2/c1-28-19(32)14-9-5-6-10-16(14)30-17-11-18(29-12-15(17)22(25,26)27)31-20(33)21(23,24)13-7-3-2-4-8-13/h2-12H,1H3,(H,28,32)(H2,29,30,31,33). The largest absolute Gasteiger partial charge is 0.419 e. The molecule has 3 aromatic rings. The molecule has 1 heterocycles. The number of carbonyl (C=O) groups is 2. The normalized spacial score (nSPS) is 11.6. The molecule has 0 atom stereocenters. The molecule has 6 nitrogen and oxygen atoms in total. The van der Waals surface area contributed by atoms with Crippen molar-refractivity contribution in [3.05, 3.63) is 83.6 Å². The second kappa shape index (κ2) is 9.23. The average Bonchev–Trinajstić information content (AvgIpc) is 2.79. The van der Waals surface area contributed by atoms with E-state index in [9.17, 15) is 31.5 Å². The summed E-state index contributed by atoms with van der Waals surface area (Å²) in [6.07, 6.45) is -4.45. The third-order valence-corrected chi connectivity index (χ3v) is 4.54. The molecule has 0 saturated carbocycles. The van der Waals surface area contributed by atoms with E-state index in [-0.39, 0.29) is 11.3 Å². The lowest BCUT2D eigenvalue weighted by Gasteiger charge is -2.19. The Kier molecular flexibility index (Phi) is 6.61. The number of rotatable bonds is 6. The lowest BCUT2D eigenvalue weighted by molar-refractivity contribution is -0.141. The fourth-order valence-corrected chi connectivity index (χ4v) is 2.90. The van der Waals surface area contributed by atoms with Crippen LogP contribution in [0, 0.1) is 0 Å². The zero-order valence-electron chi connectivity index (χ0n) is 17.0. The average molecular weight is 464 g/mol. The minimum absolute atomic E-state index is 0.0282. The van der Waals surface area contributed by atoms with Gasteiger partial charge in [-0.25, -0.2) is 4.98 Å². The third kappa shape index (κ3) is 5.25. The van der Waals surface area contributed by atoms with E-state index in [2.05, 4.69) is 15.6 Å². The van der Waals surface area contributed by atoms with Gasteiger partial charge in [0.25, 0.3) is 5.91 Å². The van der Waals surface area contributed by atoms with Gasteiger partial charge < -0.3 is 16.0 Å². The highest BCUT2D eigenvalue weighted by Gasteiger charge is 2.41. The smallest absolute Gasteiger partial charge is 0.355 e. The molecule has 0 spiro atoms. The number of carbonyl (C=O) groups excluding carboxylic acids is 2. The lowest BCUT2D eigenvalue weighted by Crippen LogP contribution is -2.32. The van der Waals surface area contributed by atoms with Crippen LogP contribution in [0.25, 0.3) is 0 Å². The van der Waals surface area contributed by atoms with Gasteiger partial charge >= 0.3 is 18.0 Å². The molecule has 11 heteroatoms. The minimum atomic E-state index is -4.85. The van der Waals surface area contributed by atoms with Gasteiger partial charge in [-0.15, -0.1) is 0 Å². The second-order valence-corrected chi connectivity index (χ2v) is 6.76. The Morgan fingerprint density at radius 2 is 1.52 bits per heavy atom. The number of halogens is 5. The van der Waals surface area contributed by atoms with Crippen molar-refractivity contribution in [2.24, 2.45) is 0 Å². The second-order valence-electron chi connectivity index (χ2n) is 6.76. The van der Waals surface area contributed by atoms with Crippen molar-refractivity contribution in [3.63, 3.8) is 0 Å². The molecule has 0 fully saturated rings. The summed E-state index contributed by atoms with van der Waals surface area (Å²) in [6, 6.07) is 12.7. The highest BCUT2D eigenvalue weighted by Crippen LogP contribution is 2.37. The summed E-state index contributed by atoms with van der Waals surface area (Å²) in [5.41, 5.74) is -2.33. The van der Waals surface area contributed by atoms with Crippen molar-refractivity contribution in [3.8, 4) is 0 Å². The molecule has 0 bridgehead atoms. The SMILES string of the molecule is CNC(=O)c1ccccc1Nc1cc(NC(=O)C(F)(F)c2ccccc2)ncc1C(F)(F)F. The Balaban J connectivity index is 1.97. The first-order valence-corrected chi connectivity index (χ1v) is 9.44. The summed E-state index contributed by atoms with van der Waals surface area (Å²) in [5.74, 6) is -6.82. The van der Waals surface area contributed by atoms with E-state index >= 15 is 0 Å². The Bertz CT molecular complexity index is 1170. The van der Waals surface area contributed by atoms with Crippen molar-refractivity contribution in [1.29, 1.82) is 0 Å². The molecule has 0 aliphatic carbocycles. The maximum absolute atomic E-state index is 14.5. The number of hydrogen-bond donors (Lipinski definition) is 3. The summed E-state index contributed by atoms with van der Waals surface area (Å²) >= 11 is 0. The van der Waals surface area contributed by atoms with Crippen LogP contribution < -0.4 is 16.0 Å². The maximum Gasteiger partial charge on any atom is 0.419 e. The van der Waals surface area contributed by atoms with Gasteiger partial charge in [0.15, 0.2) is 0 Å². The summed E-state index contributed by atoms with van der Waals surface area (Å²) in [4.78, 5) is 27.7. The predicted octanol–water partition coefficient (Wildman–Crippen LogP) is 4.93. The number of para-hydroxylation sites is 1. The maximum atomic E-state index is 14.5. The molecule has 2 aromatic carbocycles. The molecule has 3 N–H and O–H groups in total. The molecule has 3 rings (SSSR count). The number of pyridine rings is 1. The molecule has 2 amide bonds. The van der Waals surface area contributed by atoms with E-state index in [1.54, 1.807) is 0 Å². The Morgan fingerprint density at radius 1 is 0.879 bits per heavy atom. The molecule has 0 radical (unpaired) electrons. The van der Waals surface area contributed by atoms with Crippen LogP contribution in [0.1, 0.15) is 21.5 Å². The highest BCUT2D eigenvalue weighted by molar-refractivity contribution is 6.00. The highest BCUT2D eigenvalue weighted by atomic mass is 19.4. The van der Waals surface area contributed by atoms with Crippen LogP contribution >= 0.6 is 0 Å². The zero-order chi connectivity index (χ0) is 24.2. The molecular weight excluding hydrogens is 447 g/mol. The number of benzene rings is 2. The Morgan fingerprint density at radius 3 is 2.15 bits per heavy atom. The fraction of sp³-hybridized carbons (Fsp3) is 0.136. The van der Waals surface area contributed by atoms with Gasteiger partial charge in [-0.3, -0.25) is 9.59 Å². The van der Waals surface area contributed by atoms with Crippen molar-refractivity contribution < 1.29 is 31.5 Å². The van der Waals surface area contributed by atoms with Crippen molar-refractivity contribution in [2.75, 3.05) is 17.7 Å². The van der Waals surface area contributed by atoms with Gasteiger partial charge in [-0.2, -0.15) is 22.0 Å². The predicted molar refractivity (Wildman–Crippen MR) is 111 cm³/mol. The number of nitrogens with zero attached hydrogens (tertiary/aromatic N) is 1. The summed E-state index contributed by atoms with van der Waals surface area (Å²) in [5, 5.41) is 6.70. The molecule has 172 valence electrons. The van der Waals surface area contributed by atoms with Crippen LogP contribution in [0.15, 0.2) is 66.9 Å². The molecular formula is C22H17F5N4O2. The van der Waals surface area contributed by atoms with E-state index in [1.807, 2.05) is 5.32 Å². The summed E-state index contributed by atoms with van der Waals surface area (Å²) < 4.78 is 69.4. The number of aromatic nitrogens is 1. The van der Waals surface area contributed by atoms with Gasteiger partial charge in [-0.05, 0) is 12.1 Å². The molecule has 0 saturated heterocycles. The number of anilines is 3. The van der Waals surface area contributed by atoms with Crippen LogP contribution in [0.3, 0.4) is 0 Å². The van der Waals surface area contributed by atoms with E-state index in [0.717, 1.165) is 18.2 Å². The number of amides is 2. The summed E-state index contributed by atoms with van der Waals surface area (Å²) in [6.45, 7) is 0. The first kappa shape index (κ1) is 23.6. The first-order chi connectivity index (χ1) is 15.5. The van der Waals surface area contributed by atoms with Crippen LogP contribution in [-0.2, 0) is 16.9 Å². The molecule has 0 unspecified atom stereocenters. The van der Waals surface area contributed by atoms with E-state index in [4.69, 9.17) is 0 Å². The Labute approximate surface area is 184 Å². The first-order valence-electron chi connectivity index (χ1n) is 9.44. The molecule has 0 aliphatic heterocycles. The monoisotopic (exact) mass is 464 g/mol. The van der Waals surface area contributed by atoms with E-state index in [1.165, 1.54) is 49.5 Å². The molecule has 33 heavy (non-hydrogen) atoms. The van der Waals surface area contributed by atoms with E-state index in [0.29, 0.717) is 6.20 Å². The van der Waals surface area contributed by atoms with Gasteiger partial charge in [0.1, 0.15) is 5.82 Å². The number of alkyl halides is 5. The van der Waals surface area contributed by atoms with Gasteiger partial charge in [0.2, 0.25) is 0 Å². The van der Waals surface area contributed by atoms with Crippen LogP contribution in [0.2, 0.25) is 0 Å². The molecule has 0 aliphatic rings. The van der Waals surface area contributed by atoms with Crippen LogP contribution in [0.4, 0.5) is 39.1 Å². The third-order valence-electron chi connectivity index (χ3n) is 4.54. The minimum Gasteiger partial charge on any atom is -0.355 e. The topological polar surface area (TPSA) is 83.1 Å². The van der Waals surface area contributed by atoms with E-state index < -0.39 is 46.5 Å². The molecule has 1 aromatic heterocycles. The number of nitrogens with one attached hydrogen (secondary N) is 3. The van der Waals surface area contributed by atoms with Gasteiger partial charge in [0, 0.05) is 24.9 Å². The van der Waals surface area contributed by atoms with Crippen LogP contribution in [-0.4, -0.2) is 23.8 Å². The fourth-order valence-electron chi connectivity index (χ4n) is 2.90.